The Bertz CT molecular complexity index is 1190. The number of hydrogen-bond acceptors (Lipinski definition) is 7. The van der Waals surface area contributed by atoms with Crippen LogP contribution in [-0.4, -0.2) is 46.9 Å². The molecule has 0 atom stereocenters. The topological polar surface area (TPSA) is 111 Å². The number of fused-ring (bicyclic) bond motifs is 1. The highest BCUT2D eigenvalue weighted by atomic mass is 32.2. The minimum atomic E-state index is -3.87. The van der Waals surface area contributed by atoms with Crippen LogP contribution in [0.5, 0.6) is 0 Å². The zero-order valence-corrected chi connectivity index (χ0v) is 17.9. The van der Waals surface area contributed by atoms with Gasteiger partial charge in [-0.25, -0.2) is 27.2 Å². The highest BCUT2D eigenvalue weighted by Gasteiger charge is 2.26. The van der Waals surface area contributed by atoms with E-state index < -0.39 is 21.7 Å². The predicted octanol–water partition coefficient (Wildman–Crippen LogP) is 2.92. The first-order chi connectivity index (χ1) is 14.0. The van der Waals surface area contributed by atoms with Crippen molar-refractivity contribution in [3.63, 3.8) is 0 Å². The molecule has 0 aliphatic carbocycles. The smallest absolute Gasteiger partial charge is 0.416 e. The average Bonchev–Trinajstić information content (AvgIpc) is 3.09. The summed E-state index contributed by atoms with van der Waals surface area (Å²) in [7, 11) is -3.87. The summed E-state index contributed by atoms with van der Waals surface area (Å²) in [6, 6.07) is 7.94. The SMILES string of the molecule is Cc1ccc(S(=O)(=O)n2ccc3nc(N(CC=O)C(=O)OC(C)(C)C)cnc32)cc1. The molecule has 0 fully saturated rings. The number of ether oxygens (including phenoxy) is 1. The normalized spacial score (nSPS) is 12.0. The van der Waals surface area contributed by atoms with Gasteiger partial charge in [0, 0.05) is 6.20 Å². The van der Waals surface area contributed by atoms with Gasteiger partial charge in [0.25, 0.3) is 10.0 Å². The molecule has 0 spiro atoms. The van der Waals surface area contributed by atoms with E-state index in [1.54, 1.807) is 32.9 Å². The molecule has 3 aromatic rings. The second-order valence-corrected chi connectivity index (χ2v) is 9.44. The maximum absolute atomic E-state index is 13.0. The van der Waals surface area contributed by atoms with Crippen LogP contribution in [0, 0.1) is 6.92 Å². The Morgan fingerprint density at radius 3 is 2.47 bits per heavy atom. The molecule has 0 saturated carbocycles. The second-order valence-electron chi connectivity index (χ2n) is 7.62. The van der Waals surface area contributed by atoms with E-state index in [-0.39, 0.29) is 28.4 Å². The first kappa shape index (κ1) is 21.4. The number of aldehydes is 1. The first-order valence-corrected chi connectivity index (χ1v) is 10.6. The lowest BCUT2D eigenvalue weighted by Crippen LogP contribution is -2.38. The van der Waals surface area contributed by atoms with Crippen molar-refractivity contribution in [3.8, 4) is 0 Å². The Balaban J connectivity index is 2.01. The zero-order chi connectivity index (χ0) is 22.1. The molecular weight excluding hydrogens is 408 g/mol. The van der Waals surface area contributed by atoms with Crippen LogP contribution < -0.4 is 4.90 Å². The number of benzene rings is 1. The number of nitrogens with zero attached hydrogens (tertiary/aromatic N) is 4. The lowest BCUT2D eigenvalue weighted by molar-refractivity contribution is -0.106. The lowest BCUT2D eigenvalue weighted by Gasteiger charge is -2.25. The van der Waals surface area contributed by atoms with Crippen LogP contribution in [0.4, 0.5) is 10.6 Å². The van der Waals surface area contributed by atoms with E-state index in [2.05, 4.69) is 9.97 Å². The summed E-state index contributed by atoms with van der Waals surface area (Å²) in [6.45, 7) is 6.69. The molecule has 1 amide bonds. The molecule has 0 bridgehead atoms. The van der Waals surface area contributed by atoms with Gasteiger partial charge >= 0.3 is 6.09 Å². The molecule has 1 aromatic carbocycles. The highest BCUT2D eigenvalue weighted by molar-refractivity contribution is 7.90. The second kappa shape index (κ2) is 7.86. The quantitative estimate of drug-likeness (QED) is 0.572. The Kier molecular flexibility index (Phi) is 5.62. The number of aryl methyl sites for hydroxylation is 1. The van der Waals surface area contributed by atoms with Gasteiger partial charge in [0.05, 0.1) is 17.6 Å². The third kappa shape index (κ3) is 4.33. The van der Waals surface area contributed by atoms with Gasteiger partial charge in [-0.15, -0.1) is 0 Å². The van der Waals surface area contributed by atoms with Crippen molar-refractivity contribution in [2.24, 2.45) is 0 Å². The van der Waals surface area contributed by atoms with Crippen molar-refractivity contribution in [1.82, 2.24) is 13.9 Å². The molecule has 3 rings (SSSR count). The molecule has 30 heavy (non-hydrogen) atoms. The molecule has 2 aromatic heterocycles. The van der Waals surface area contributed by atoms with Crippen molar-refractivity contribution in [2.75, 3.05) is 11.4 Å². The number of carbonyl (C=O) groups excluding carboxylic acids is 2. The van der Waals surface area contributed by atoms with Gasteiger partial charge in [-0.1, -0.05) is 17.7 Å². The van der Waals surface area contributed by atoms with Gasteiger partial charge in [-0.2, -0.15) is 0 Å². The fraction of sp³-hybridized carbons (Fsp3) is 0.300. The van der Waals surface area contributed by atoms with Crippen LogP contribution in [0.3, 0.4) is 0 Å². The summed E-state index contributed by atoms with van der Waals surface area (Å²) in [5.41, 5.74) is 0.534. The van der Waals surface area contributed by atoms with Gasteiger partial charge in [-0.05, 0) is 45.9 Å². The van der Waals surface area contributed by atoms with E-state index in [4.69, 9.17) is 4.74 Å². The first-order valence-electron chi connectivity index (χ1n) is 9.13. The summed E-state index contributed by atoms with van der Waals surface area (Å²) in [4.78, 5) is 33.1. The van der Waals surface area contributed by atoms with E-state index in [9.17, 15) is 18.0 Å². The minimum Gasteiger partial charge on any atom is -0.443 e. The Hall–Kier alpha value is -3.27. The summed E-state index contributed by atoms with van der Waals surface area (Å²) < 4.78 is 32.3. The maximum Gasteiger partial charge on any atom is 0.416 e. The van der Waals surface area contributed by atoms with Crippen molar-refractivity contribution in [3.05, 3.63) is 48.3 Å². The molecule has 0 aliphatic rings. The van der Waals surface area contributed by atoms with E-state index in [1.807, 2.05) is 6.92 Å². The van der Waals surface area contributed by atoms with Crippen LogP contribution in [0.15, 0.2) is 47.6 Å². The van der Waals surface area contributed by atoms with Crippen LogP contribution >= 0.6 is 0 Å². The molecule has 0 N–H and O–H groups in total. The van der Waals surface area contributed by atoms with E-state index in [0.717, 1.165) is 14.4 Å². The molecule has 0 saturated heterocycles. The van der Waals surface area contributed by atoms with E-state index in [1.165, 1.54) is 30.6 Å². The Labute approximate surface area is 174 Å². The van der Waals surface area contributed by atoms with Gasteiger partial charge in [0.2, 0.25) is 0 Å². The Morgan fingerprint density at radius 1 is 1.20 bits per heavy atom. The number of rotatable bonds is 5. The molecule has 9 nitrogen and oxygen atoms in total. The average molecular weight is 430 g/mol. The number of anilines is 1. The molecule has 10 heteroatoms. The van der Waals surface area contributed by atoms with Gasteiger partial charge < -0.3 is 9.53 Å². The number of aromatic nitrogens is 3. The summed E-state index contributed by atoms with van der Waals surface area (Å²) in [5.74, 6) is 0.0781. The van der Waals surface area contributed by atoms with Crippen molar-refractivity contribution in [2.45, 2.75) is 38.2 Å². The summed E-state index contributed by atoms with van der Waals surface area (Å²) in [5, 5.41) is 0. The third-order valence-electron chi connectivity index (χ3n) is 4.07. The number of hydrogen-bond donors (Lipinski definition) is 0. The van der Waals surface area contributed by atoms with Crippen LogP contribution in [0.25, 0.3) is 11.2 Å². The zero-order valence-electron chi connectivity index (χ0n) is 17.1. The lowest BCUT2D eigenvalue weighted by atomic mass is 10.2. The highest BCUT2D eigenvalue weighted by Crippen LogP contribution is 2.23. The largest absolute Gasteiger partial charge is 0.443 e. The third-order valence-corrected chi connectivity index (χ3v) is 5.75. The fourth-order valence-electron chi connectivity index (χ4n) is 2.68. The predicted molar refractivity (Wildman–Crippen MR) is 111 cm³/mol. The number of carbonyl (C=O) groups is 2. The molecule has 2 heterocycles. The van der Waals surface area contributed by atoms with Gasteiger partial charge in [-0.3, -0.25) is 4.90 Å². The number of amides is 1. The van der Waals surface area contributed by atoms with Crippen LogP contribution in [0.1, 0.15) is 26.3 Å². The standard InChI is InChI=1S/C20H22N4O5S/c1-14-5-7-15(8-6-14)30(27,28)24-10-9-16-18(24)21-13-17(22-16)23(11-12-25)19(26)29-20(2,3)4/h5-10,12-13H,11H2,1-4H3. The van der Waals surface area contributed by atoms with Crippen molar-refractivity contribution < 1.29 is 22.7 Å². The van der Waals surface area contributed by atoms with Crippen LogP contribution in [-0.2, 0) is 19.6 Å². The summed E-state index contributed by atoms with van der Waals surface area (Å²) >= 11 is 0. The molecule has 0 aliphatic heterocycles. The molecular formula is C20H22N4O5S. The summed E-state index contributed by atoms with van der Waals surface area (Å²) in [6.07, 6.45) is 2.37. The minimum absolute atomic E-state index is 0.0781. The van der Waals surface area contributed by atoms with E-state index >= 15 is 0 Å². The molecule has 158 valence electrons. The monoisotopic (exact) mass is 430 g/mol. The van der Waals surface area contributed by atoms with Crippen LogP contribution in [0.2, 0.25) is 0 Å². The van der Waals surface area contributed by atoms with Gasteiger partial charge in [0.15, 0.2) is 11.5 Å². The maximum atomic E-state index is 13.0. The Morgan fingerprint density at radius 2 is 1.87 bits per heavy atom. The molecule has 0 unspecified atom stereocenters. The molecule has 0 radical (unpaired) electrons. The van der Waals surface area contributed by atoms with Crippen molar-refractivity contribution in [1.29, 1.82) is 0 Å². The fourth-order valence-corrected chi connectivity index (χ4v) is 3.98. The van der Waals surface area contributed by atoms with Crippen molar-refractivity contribution >= 4 is 39.4 Å². The van der Waals surface area contributed by atoms with E-state index in [0.29, 0.717) is 6.29 Å². The van der Waals surface area contributed by atoms with Gasteiger partial charge in [0.1, 0.15) is 17.4 Å².